The Morgan fingerprint density at radius 1 is 1.06 bits per heavy atom. The molecule has 0 atom stereocenters. The summed E-state index contributed by atoms with van der Waals surface area (Å²) in [6, 6.07) is 7.47. The van der Waals surface area contributed by atoms with Crippen LogP contribution in [0.15, 0.2) is 47.6 Å². The van der Waals surface area contributed by atoms with Crippen molar-refractivity contribution in [3.8, 4) is 0 Å². The number of aromatic nitrogens is 2. The minimum atomic E-state index is -3.74. The van der Waals surface area contributed by atoms with Crippen molar-refractivity contribution in [2.45, 2.75) is 36.5 Å². The Kier molecular flexibility index (Phi) is 5.88. The number of sulfonamides is 1. The molecule has 0 N–H and O–H groups in total. The highest BCUT2D eigenvalue weighted by atomic mass is 35.5. The number of carbonyl (C=O) groups is 1. The van der Waals surface area contributed by atoms with Gasteiger partial charge in [-0.25, -0.2) is 17.3 Å². The summed E-state index contributed by atoms with van der Waals surface area (Å²) in [5.41, 5.74) is 2.45. The fourth-order valence-electron chi connectivity index (χ4n) is 4.72. The maximum absolute atomic E-state index is 13.5. The predicted molar refractivity (Wildman–Crippen MR) is 122 cm³/mol. The largest absolute Gasteiger partial charge is 0.339 e. The van der Waals surface area contributed by atoms with E-state index in [0.717, 1.165) is 49.1 Å². The van der Waals surface area contributed by atoms with Crippen LogP contribution in [0.1, 0.15) is 47.5 Å². The van der Waals surface area contributed by atoms with Gasteiger partial charge in [0.05, 0.1) is 27.2 Å². The van der Waals surface area contributed by atoms with Crippen LogP contribution in [0.5, 0.6) is 0 Å². The molecule has 4 heterocycles. The van der Waals surface area contributed by atoms with E-state index in [4.69, 9.17) is 11.6 Å². The number of halogens is 2. The average Bonchev–Trinajstić information content (AvgIpc) is 3.50. The molecule has 2 fully saturated rings. The van der Waals surface area contributed by atoms with Crippen molar-refractivity contribution in [1.82, 2.24) is 18.8 Å². The van der Waals surface area contributed by atoms with Gasteiger partial charge in [0.15, 0.2) is 0 Å². The number of hydrogen-bond donors (Lipinski definition) is 0. The number of fused-ring (bicyclic) bond motifs is 1. The van der Waals surface area contributed by atoms with Crippen molar-refractivity contribution in [3.63, 3.8) is 0 Å². The number of hydrogen-bond acceptors (Lipinski definition) is 4. The Labute approximate surface area is 196 Å². The van der Waals surface area contributed by atoms with Crippen molar-refractivity contribution in [2.24, 2.45) is 0 Å². The lowest BCUT2D eigenvalue weighted by Gasteiger charge is -2.31. The summed E-state index contributed by atoms with van der Waals surface area (Å²) in [7, 11) is -3.74. The van der Waals surface area contributed by atoms with Gasteiger partial charge in [0.2, 0.25) is 10.0 Å². The van der Waals surface area contributed by atoms with E-state index >= 15 is 0 Å². The van der Waals surface area contributed by atoms with Crippen LogP contribution in [0.25, 0.3) is 5.52 Å². The Hall–Kier alpha value is -2.49. The van der Waals surface area contributed by atoms with E-state index in [1.807, 2.05) is 23.2 Å². The number of benzene rings is 1. The van der Waals surface area contributed by atoms with Crippen molar-refractivity contribution in [2.75, 3.05) is 26.2 Å². The lowest BCUT2D eigenvalue weighted by molar-refractivity contribution is 0.0794. The van der Waals surface area contributed by atoms with E-state index in [1.165, 1.54) is 10.4 Å². The van der Waals surface area contributed by atoms with Crippen LogP contribution >= 0.6 is 11.6 Å². The summed E-state index contributed by atoms with van der Waals surface area (Å²) in [5, 5.41) is 4.12. The molecule has 10 heteroatoms. The van der Waals surface area contributed by atoms with Gasteiger partial charge < -0.3 is 4.90 Å². The van der Waals surface area contributed by atoms with Crippen LogP contribution in [-0.4, -0.2) is 59.3 Å². The molecule has 2 saturated heterocycles. The van der Waals surface area contributed by atoms with Crippen LogP contribution in [0, 0.1) is 5.82 Å². The fourth-order valence-corrected chi connectivity index (χ4v) is 6.46. The molecular weight excluding hydrogens is 467 g/mol. The first-order valence-corrected chi connectivity index (χ1v) is 12.9. The SMILES string of the molecule is O=C(c1cnn2ccc(C3CCN(S(=O)(=O)c4ccc(F)c(Cl)c4)CC3)cc12)N1CCCC1. The van der Waals surface area contributed by atoms with Gasteiger partial charge in [-0.1, -0.05) is 11.6 Å². The summed E-state index contributed by atoms with van der Waals surface area (Å²) in [4.78, 5) is 14.8. The van der Waals surface area contributed by atoms with E-state index in [0.29, 0.717) is 31.5 Å². The highest BCUT2D eigenvalue weighted by Crippen LogP contribution is 2.32. The van der Waals surface area contributed by atoms with Crippen molar-refractivity contribution < 1.29 is 17.6 Å². The predicted octanol–water partition coefficient (Wildman–Crippen LogP) is 3.93. The molecule has 0 spiro atoms. The molecule has 33 heavy (non-hydrogen) atoms. The van der Waals surface area contributed by atoms with Crippen LogP contribution in [-0.2, 0) is 10.0 Å². The highest BCUT2D eigenvalue weighted by molar-refractivity contribution is 7.89. The van der Waals surface area contributed by atoms with Gasteiger partial charge >= 0.3 is 0 Å². The van der Waals surface area contributed by atoms with Crippen LogP contribution in [0.4, 0.5) is 4.39 Å². The Morgan fingerprint density at radius 3 is 2.48 bits per heavy atom. The minimum Gasteiger partial charge on any atom is -0.339 e. The minimum absolute atomic E-state index is 0.00176. The average molecular weight is 491 g/mol. The first kappa shape index (κ1) is 22.3. The molecule has 5 rings (SSSR count). The molecule has 2 aromatic heterocycles. The van der Waals surface area contributed by atoms with Gasteiger partial charge in [-0.05, 0) is 67.5 Å². The number of carbonyl (C=O) groups excluding carboxylic acids is 1. The standard InChI is InChI=1S/C23H24ClFN4O3S/c24-20-14-18(3-4-21(20)25)33(31,32)28-10-5-16(6-11-28)17-7-12-29-22(13-17)19(15-26-29)23(30)27-8-1-2-9-27/h3-4,7,12-16H,1-2,5-6,8-11H2. The smallest absolute Gasteiger partial charge is 0.257 e. The van der Waals surface area contributed by atoms with E-state index in [9.17, 15) is 17.6 Å². The first-order valence-electron chi connectivity index (χ1n) is 11.1. The first-order chi connectivity index (χ1) is 15.8. The number of pyridine rings is 1. The molecule has 0 bridgehead atoms. The van der Waals surface area contributed by atoms with E-state index in [2.05, 4.69) is 5.10 Å². The Balaban J connectivity index is 1.33. The molecule has 1 amide bonds. The molecule has 3 aromatic rings. The van der Waals surface area contributed by atoms with Crippen molar-refractivity contribution in [1.29, 1.82) is 0 Å². The summed E-state index contributed by atoms with van der Waals surface area (Å²) in [5.74, 6) is -0.464. The van der Waals surface area contributed by atoms with E-state index in [-0.39, 0.29) is 21.7 Å². The zero-order valence-corrected chi connectivity index (χ0v) is 19.5. The van der Waals surface area contributed by atoms with Crippen LogP contribution < -0.4 is 0 Å². The Bertz CT molecular complexity index is 1310. The van der Waals surface area contributed by atoms with E-state index in [1.54, 1.807) is 10.7 Å². The topological polar surface area (TPSA) is 75.0 Å². The molecule has 174 valence electrons. The zero-order valence-electron chi connectivity index (χ0n) is 18.0. The van der Waals surface area contributed by atoms with Crippen molar-refractivity contribution in [3.05, 3.63) is 64.7 Å². The summed E-state index contributed by atoms with van der Waals surface area (Å²) >= 11 is 5.78. The fraction of sp³-hybridized carbons (Fsp3) is 0.391. The Morgan fingerprint density at radius 2 is 1.79 bits per heavy atom. The monoisotopic (exact) mass is 490 g/mol. The second-order valence-corrected chi connectivity index (χ2v) is 10.9. The maximum Gasteiger partial charge on any atom is 0.257 e. The van der Waals surface area contributed by atoms with Gasteiger partial charge in [-0.3, -0.25) is 4.79 Å². The number of amides is 1. The number of likely N-dealkylation sites (tertiary alicyclic amines) is 1. The lowest BCUT2D eigenvalue weighted by atomic mass is 9.90. The third kappa shape index (κ3) is 4.13. The maximum atomic E-state index is 13.5. The molecule has 0 unspecified atom stereocenters. The summed E-state index contributed by atoms with van der Waals surface area (Å²) < 4.78 is 42.5. The molecule has 1 aromatic carbocycles. The zero-order chi connectivity index (χ0) is 23.2. The van der Waals surface area contributed by atoms with Crippen LogP contribution in [0.2, 0.25) is 5.02 Å². The van der Waals surface area contributed by atoms with Crippen molar-refractivity contribution >= 4 is 33.0 Å². The second kappa shape index (κ2) is 8.70. The molecular formula is C23H24ClFN4O3S. The number of nitrogens with zero attached hydrogens (tertiary/aromatic N) is 4. The van der Waals surface area contributed by atoms with Gasteiger partial charge in [0, 0.05) is 32.4 Å². The lowest BCUT2D eigenvalue weighted by Crippen LogP contribution is -2.37. The van der Waals surface area contributed by atoms with Gasteiger partial charge in [0.1, 0.15) is 5.82 Å². The second-order valence-electron chi connectivity index (χ2n) is 8.60. The normalized spacial score (nSPS) is 18.3. The molecule has 2 aliphatic rings. The van der Waals surface area contributed by atoms with Gasteiger partial charge in [-0.15, -0.1) is 0 Å². The third-order valence-electron chi connectivity index (χ3n) is 6.62. The quantitative estimate of drug-likeness (QED) is 0.555. The molecule has 0 saturated carbocycles. The van der Waals surface area contributed by atoms with Crippen LogP contribution in [0.3, 0.4) is 0 Å². The molecule has 0 radical (unpaired) electrons. The van der Waals surface area contributed by atoms with Gasteiger partial charge in [-0.2, -0.15) is 9.40 Å². The molecule has 0 aliphatic carbocycles. The highest BCUT2D eigenvalue weighted by Gasteiger charge is 2.31. The van der Waals surface area contributed by atoms with Gasteiger partial charge in [0.25, 0.3) is 5.91 Å². The van der Waals surface area contributed by atoms with E-state index < -0.39 is 15.8 Å². The third-order valence-corrected chi connectivity index (χ3v) is 8.81. The summed E-state index contributed by atoms with van der Waals surface area (Å²) in [6.45, 7) is 2.27. The molecule has 7 nitrogen and oxygen atoms in total. The number of piperidine rings is 1. The summed E-state index contributed by atoms with van der Waals surface area (Å²) in [6.07, 6.45) is 6.84. The number of rotatable bonds is 4. The molecule has 2 aliphatic heterocycles.